The molecule has 1 aromatic heterocycles. The Morgan fingerprint density at radius 2 is 2.05 bits per heavy atom. The summed E-state index contributed by atoms with van der Waals surface area (Å²) in [6.45, 7) is 1.59. The van der Waals surface area contributed by atoms with Crippen LogP contribution in [0.1, 0.15) is 5.69 Å². The molecule has 20 heavy (non-hydrogen) atoms. The molecule has 0 atom stereocenters. The summed E-state index contributed by atoms with van der Waals surface area (Å²) >= 11 is 1.90. The first-order valence-corrected chi connectivity index (χ1v) is 6.82. The summed E-state index contributed by atoms with van der Waals surface area (Å²) in [7, 11) is 0. The highest BCUT2D eigenvalue weighted by molar-refractivity contribution is 14.1. The van der Waals surface area contributed by atoms with E-state index in [4.69, 9.17) is 0 Å². The zero-order valence-corrected chi connectivity index (χ0v) is 12.7. The second kappa shape index (κ2) is 6.12. The van der Waals surface area contributed by atoms with Crippen molar-refractivity contribution in [3.8, 4) is 0 Å². The molecule has 0 aliphatic carbocycles. The van der Waals surface area contributed by atoms with Crippen molar-refractivity contribution in [2.24, 2.45) is 0 Å². The molecule has 5 nitrogen and oxygen atoms in total. The zero-order chi connectivity index (χ0) is 14.7. The molecular weight excluding hydrogens is 376 g/mol. The fourth-order valence-corrected chi connectivity index (χ4v) is 2.00. The Bertz CT molecular complexity index is 698. The van der Waals surface area contributed by atoms with Gasteiger partial charge in [0.25, 0.3) is 5.56 Å². The normalized spacial score (nSPS) is 10.3. The van der Waals surface area contributed by atoms with Gasteiger partial charge in [-0.3, -0.25) is 14.2 Å². The molecule has 0 bridgehead atoms. The zero-order valence-electron chi connectivity index (χ0n) is 10.6. The van der Waals surface area contributed by atoms with Crippen LogP contribution in [0.25, 0.3) is 0 Å². The maximum Gasteiger partial charge on any atom is 0.267 e. The molecule has 1 heterocycles. The predicted molar refractivity (Wildman–Crippen MR) is 81.0 cm³/mol. The minimum atomic E-state index is -0.378. The third-order valence-corrected chi connectivity index (χ3v) is 3.84. The first kappa shape index (κ1) is 14.6. The van der Waals surface area contributed by atoms with Gasteiger partial charge in [0.2, 0.25) is 5.91 Å². The summed E-state index contributed by atoms with van der Waals surface area (Å²) in [5.74, 6) is -0.753. The number of nitrogens with zero attached hydrogens (tertiary/aromatic N) is 2. The maximum atomic E-state index is 12.7. The lowest BCUT2D eigenvalue weighted by molar-refractivity contribution is -0.116. The standard InChI is InChI=1S/C13H11FIN3O2/c1-8-12(15)13(20)18(7-16-8)6-11(19)17-10-4-2-9(14)3-5-10/h2-5,7H,6H2,1H3,(H,17,19). The molecule has 1 N–H and O–H groups in total. The molecule has 104 valence electrons. The fourth-order valence-electron chi connectivity index (χ4n) is 1.55. The van der Waals surface area contributed by atoms with E-state index in [1.165, 1.54) is 35.2 Å². The van der Waals surface area contributed by atoms with Crippen LogP contribution >= 0.6 is 22.6 Å². The molecule has 1 amide bonds. The van der Waals surface area contributed by atoms with Crippen molar-refractivity contribution in [2.45, 2.75) is 13.5 Å². The molecule has 0 spiro atoms. The number of amides is 1. The molecule has 2 rings (SSSR count). The SMILES string of the molecule is Cc1ncn(CC(=O)Nc2ccc(F)cc2)c(=O)c1I. The number of nitrogens with one attached hydrogen (secondary N) is 1. The Kier molecular flexibility index (Phi) is 4.48. The predicted octanol–water partition coefficient (Wildman–Crippen LogP) is 1.93. The van der Waals surface area contributed by atoms with Crippen molar-refractivity contribution in [3.05, 3.63) is 56.0 Å². The first-order chi connectivity index (χ1) is 9.47. The number of carbonyl (C=O) groups is 1. The highest BCUT2D eigenvalue weighted by Crippen LogP contribution is 2.08. The molecule has 0 fully saturated rings. The van der Waals surface area contributed by atoms with Gasteiger partial charge in [0, 0.05) is 5.69 Å². The van der Waals surface area contributed by atoms with Gasteiger partial charge in [0.1, 0.15) is 12.4 Å². The first-order valence-electron chi connectivity index (χ1n) is 5.74. The van der Waals surface area contributed by atoms with Crippen molar-refractivity contribution in [1.82, 2.24) is 9.55 Å². The van der Waals surface area contributed by atoms with Gasteiger partial charge in [0.15, 0.2) is 0 Å². The van der Waals surface area contributed by atoms with Crippen LogP contribution in [0.5, 0.6) is 0 Å². The van der Waals surface area contributed by atoms with Crippen molar-refractivity contribution >= 4 is 34.2 Å². The number of aryl methyl sites for hydroxylation is 1. The molecule has 0 radical (unpaired) electrons. The summed E-state index contributed by atoms with van der Waals surface area (Å²) < 4.78 is 14.5. The molecular formula is C13H11FIN3O2. The molecule has 0 unspecified atom stereocenters. The van der Waals surface area contributed by atoms with Gasteiger partial charge < -0.3 is 5.32 Å². The van der Waals surface area contributed by atoms with Gasteiger partial charge in [-0.15, -0.1) is 0 Å². The summed E-state index contributed by atoms with van der Waals surface area (Å²) in [5.41, 5.74) is 0.845. The molecule has 0 aliphatic heterocycles. The quantitative estimate of drug-likeness (QED) is 0.819. The maximum absolute atomic E-state index is 12.7. The van der Waals surface area contributed by atoms with E-state index in [1.807, 2.05) is 22.6 Å². The van der Waals surface area contributed by atoms with Crippen LogP contribution in [-0.4, -0.2) is 15.5 Å². The van der Waals surface area contributed by atoms with Crippen LogP contribution in [0.15, 0.2) is 35.4 Å². The number of hydrogen-bond donors (Lipinski definition) is 1. The Morgan fingerprint density at radius 3 is 2.70 bits per heavy atom. The van der Waals surface area contributed by atoms with E-state index < -0.39 is 0 Å². The average Bonchev–Trinajstić information content (AvgIpc) is 2.42. The summed E-state index contributed by atoms with van der Waals surface area (Å²) in [6, 6.07) is 5.40. The van der Waals surface area contributed by atoms with E-state index >= 15 is 0 Å². The van der Waals surface area contributed by atoms with E-state index in [9.17, 15) is 14.0 Å². The monoisotopic (exact) mass is 387 g/mol. The number of halogens is 2. The lowest BCUT2D eigenvalue weighted by Crippen LogP contribution is -2.29. The Hall–Kier alpha value is -1.77. The average molecular weight is 387 g/mol. The topological polar surface area (TPSA) is 64.0 Å². The van der Waals surface area contributed by atoms with Crippen LogP contribution < -0.4 is 10.9 Å². The lowest BCUT2D eigenvalue weighted by atomic mass is 10.3. The number of rotatable bonds is 3. The summed E-state index contributed by atoms with van der Waals surface area (Å²) in [5, 5.41) is 2.58. The Balaban J connectivity index is 2.11. The number of carbonyl (C=O) groups excluding carboxylic acids is 1. The fraction of sp³-hybridized carbons (Fsp3) is 0.154. The van der Waals surface area contributed by atoms with Crippen molar-refractivity contribution in [3.63, 3.8) is 0 Å². The summed E-state index contributed by atoms with van der Waals surface area (Å²) in [6.07, 6.45) is 1.34. The minimum Gasteiger partial charge on any atom is -0.325 e. The van der Waals surface area contributed by atoms with Gasteiger partial charge in [-0.1, -0.05) is 0 Å². The Morgan fingerprint density at radius 1 is 1.40 bits per heavy atom. The van der Waals surface area contributed by atoms with Gasteiger partial charge in [-0.2, -0.15) is 0 Å². The molecule has 2 aromatic rings. The third-order valence-electron chi connectivity index (χ3n) is 2.60. The van der Waals surface area contributed by atoms with Gasteiger partial charge in [-0.05, 0) is 53.8 Å². The number of benzene rings is 1. The van der Waals surface area contributed by atoms with Crippen LogP contribution in [-0.2, 0) is 11.3 Å². The largest absolute Gasteiger partial charge is 0.325 e. The second-order valence-electron chi connectivity index (χ2n) is 4.13. The van der Waals surface area contributed by atoms with Gasteiger partial charge >= 0.3 is 0 Å². The van der Waals surface area contributed by atoms with Crippen LogP contribution in [0.2, 0.25) is 0 Å². The van der Waals surface area contributed by atoms with E-state index in [1.54, 1.807) is 6.92 Å². The van der Waals surface area contributed by atoms with Gasteiger partial charge in [-0.25, -0.2) is 9.37 Å². The molecule has 0 saturated heterocycles. The number of hydrogen-bond acceptors (Lipinski definition) is 3. The van der Waals surface area contributed by atoms with E-state index in [0.717, 1.165) is 0 Å². The second-order valence-corrected chi connectivity index (χ2v) is 5.21. The number of anilines is 1. The highest BCUT2D eigenvalue weighted by Gasteiger charge is 2.09. The van der Waals surface area contributed by atoms with Crippen molar-refractivity contribution in [2.75, 3.05) is 5.32 Å². The molecule has 0 aliphatic rings. The van der Waals surface area contributed by atoms with Crippen LogP contribution in [0, 0.1) is 16.3 Å². The van der Waals surface area contributed by atoms with Crippen molar-refractivity contribution in [1.29, 1.82) is 0 Å². The molecule has 7 heteroatoms. The molecule has 1 aromatic carbocycles. The third kappa shape index (κ3) is 3.41. The molecule has 0 saturated carbocycles. The summed E-state index contributed by atoms with van der Waals surface area (Å²) in [4.78, 5) is 27.8. The van der Waals surface area contributed by atoms with Gasteiger partial charge in [0.05, 0.1) is 15.6 Å². The van der Waals surface area contributed by atoms with E-state index in [-0.39, 0.29) is 23.8 Å². The Labute approximate surface area is 128 Å². The number of aromatic nitrogens is 2. The van der Waals surface area contributed by atoms with Crippen LogP contribution in [0.4, 0.5) is 10.1 Å². The van der Waals surface area contributed by atoms with Crippen molar-refractivity contribution < 1.29 is 9.18 Å². The van der Waals surface area contributed by atoms with E-state index in [2.05, 4.69) is 10.3 Å². The highest BCUT2D eigenvalue weighted by atomic mass is 127. The van der Waals surface area contributed by atoms with Crippen LogP contribution in [0.3, 0.4) is 0 Å². The minimum absolute atomic E-state index is 0.139. The van der Waals surface area contributed by atoms with E-state index in [0.29, 0.717) is 15.0 Å². The lowest BCUT2D eigenvalue weighted by Gasteiger charge is -2.08. The smallest absolute Gasteiger partial charge is 0.267 e.